The number of morpholine rings is 1. The molecule has 0 amide bonds. The molecule has 0 aliphatic carbocycles. The van der Waals surface area contributed by atoms with Gasteiger partial charge in [-0.05, 0) is 23.3 Å². The quantitative estimate of drug-likeness (QED) is 0.837. The summed E-state index contributed by atoms with van der Waals surface area (Å²) in [6.45, 7) is 1.99. The zero-order valence-electron chi connectivity index (χ0n) is 15.0. The van der Waals surface area contributed by atoms with E-state index in [0.717, 1.165) is 17.7 Å². The van der Waals surface area contributed by atoms with E-state index in [0.29, 0.717) is 29.7 Å². The second-order valence-electron chi connectivity index (χ2n) is 6.23. The van der Waals surface area contributed by atoms with E-state index < -0.39 is 0 Å². The van der Waals surface area contributed by atoms with E-state index in [9.17, 15) is 5.11 Å². The lowest BCUT2D eigenvalue weighted by Crippen LogP contribution is -2.46. The van der Waals surface area contributed by atoms with Gasteiger partial charge in [0.15, 0.2) is 11.5 Å². The number of halogens is 1. The van der Waals surface area contributed by atoms with Gasteiger partial charge in [-0.2, -0.15) is 0 Å². The van der Waals surface area contributed by atoms with Crippen LogP contribution in [-0.2, 0) is 11.3 Å². The van der Waals surface area contributed by atoms with Gasteiger partial charge < -0.3 is 19.3 Å². The molecule has 0 saturated carbocycles. The molecule has 1 heterocycles. The van der Waals surface area contributed by atoms with E-state index in [1.165, 1.54) is 0 Å². The Hall–Kier alpha value is -1.79. The lowest BCUT2D eigenvalue weighted by atomic mass is 9.97. The Kier molecular flexibility index (Phi) is 6.38. The maximum absolute atomic E-state index is 9.79. The minimum atomic E-state index is -0.262. The van der Waals surface area contributed by atoms with Crippen molar-refractivity contribution in [1.29, 1.82) is 0 Å². The van der Waals surface area contributed by atoms with Crippen molar-refractivity contribution in [2.75, 3.05) is 34.0 Å². The molecule has 5 nitrogen and oxygen atoms in total. The van der Waals surface area contributed by atoms with Crippen molar-refractivity contribution in [1.82, 2.24) is 4.90 Å². The minimum Gasteiger partial charge on any atom is -0.493 e. The molecular formula is C20H24ClNO4. The first kappa shape index (κ1) is 19.0. The van der Waals surface area contributed by atoms with Crippen LogP contribution in [0.1, 0.15) is 17.2 Å². The van der Waals surface area contributed by atoms with Crippen molar-refractivity contribution in [2.45, 2.75) is 18.7 Å². The van der Waals surface area contributed by atoms with Crippen LogP contribution >= 0.6 is 11.6 Å². The Morgan fingerprint density at radius 2 is 1.96 bits per heavy atom. The molecule has 1 N–H and O–H groups in total. The Bertz CT molecular complexity index is 725. The summed E-state index contributed by atoms with van der Waals surface area (Å²) in [5.74, 6) is 1.14. The Morgan fingerprint density at radius 3 is 2.62 bits per heavy atom. The highest BCUT2D eigenvalue weighted by atomic mass is 35.5. The molecule has 2 aromatic rings. The number of methoxy groups -OCH3 is 2. The highest BCUT2D eigenvalue weighted by Crippen LogP contribution is 2.38. The van der Waals surface area contributed by atoms with E-state index in [4.69, 9.17) is 25.8 Å². The SMILES string of the molecule is COc1cc(CN2CCOC(CO)C2c2ccccc2)cc(Cl)c1OC. The van der Waals surface area contributed by atoms with Gasteiger partial charge >= 0.3 is 0 Å². The van der Waals surface area contributed by atoms with Gasteiger partial charge in [0, 0.05) is 13.1 Å². The Balaban J connectivity index is 1.90. The largest absolute Gasteiger partial charge is 0.493 e. The number of rotatable bonds is 6. The fourth-order valence-corrected chi connectivity index (χ4v) is 3.80. The molecule has 3 rings (SSSR count). The second kappa shape index (κ2) is 8.73. The van der Waals surface area contributed by atoms with Crippen molar-refractivity contribution in [2.24, 2.45) is 0 Å². The zero-order valence-corrected chi connectivity index (χ0v) is 15.8. The Labute approximate surface area is 159 Å². The van der Waals surface area contributed by atoms with Gasteiger partial charge in [0.2, 0.25) is 0 Å². The highest BCUT2D eigenvalue weighted by Gasteiger charge is 2.33. The smallest absolute Gasteiger partial charge is 0.179 e. The van der Waals surface area contributed by atoms with E-state index >= 15 is 0 Å². The molecule has 2 aromatic carbocycles. The molecule has 2 atom stereocenters. The fraction of sp³-hybridized carbons (Fsp3) is 0.400. The van der Waals surface area contributed by atoms with Crippen molar-refractivity contribution < 1.29 is 19.3 Å². The Morgan fingerprint density at radius 1 is 1.19 bits per heavy atom. The molecule has 0 aromatic heterocycles. The van der Waals surface area contributed by atoms with Crippen LogP contribution in [0.4, 0.5) is 0 Å². The van der Waals surface area contributed by atoms with Crippen LogP contribution < -0.4 is 9.47 Å². The summed E-state index contributed by atoms with van der Waals surface area (Å²) in [6.07, 6.45) is -0.262. The summed E-state index contributed by atoms with van der Waals surface area (Å²) in [6, 6.07) is 13.9. The maximum atomic E-state index is 9.79. The first-order valence-electron chi connectivity index (χ1n) is 8.59. The summed E-state index contributed by atoms with van der Waals surface area (Å²) in [7, 11) is 3.17. The van der Waals surface area contributed by atoms with Crippen molar-refractivity contribution in [3.63, 3.8) is 0 Å². The molecule has 1 saturated heterocycles. The molecule has 1 aliphatic rings. The predicted molar refractivity (Wildman–Crippen MR) is 101 cm³/mol. The predicted octanol–water partition coefficient (Wildman–Crippen LogP) is 3.29. The second-order valence-corrected chi connectivity index (χ2v) is 6.64. The normalized spacial score (nSPS) is 20.8. The highest BCUT2D eigenvalue weighted by molar-refractivity contribution is 6.32. The van der Waals surface area contributed by atoms with Crippen LogP contribution in [0, 0.1) is 0 Å². The summed E-state index contributed by atoms with van der Waals surface area (Å²) in [4.78, 5) is 2.30. The third-order valence-corrected chi connectivity index (χ3v) is 4.94. The summed E-state index contributed by atoms with van der Waals surface area (Å²) in [5, 5.41) is 10.3. The van der Waals surface area contributed by atoms with Gasteiger partial charge in [0.25, 0.3) is 0 Å². The number of ether oxygens (including phenoxy) is 3. The van der Waals surface area contributed by atoms with E-state index in [-0.39, 0.29) is 18.8 Å². The standard InChI is InChI=1S/C20H24ClNO4/c1-24-17-11-14(10-16(21)20(17)25-2)12-22-8-9-26-18(13-23)19(22)15-6-4-3-5-7-15/h3-7,10-11,18-19,23H,8-9,12-13H2,1-2H3. The fourth-order valence-electron chi connectivity index (χ4n) is 3.49. The molecule has 0 bridgehead atoms. The number of aliphatic hydroxyl groups is 1. The van der Waals surface area contributed by atoms with Crippen LogP contribution in [0.3, 0.4) is 0 Å². The van der Waals surface area contributed by atoms with Crippen LogP contribution in [0.25, 0.3) is 0 Å². The molecule has 26 heavy (non-hydrogen) atoms. The molecule has 6 heteroatoms. The topological polar surface area (TPSA) is 51.2 Å². The van der Waals surface area contributed by atoms with Crippen molar-refractivity contribution in [3.05, 3.63) is 58.6 Å². The lowest BCUT2D eigenvalue weighted by Gasteiger charge is -2.41. The molecule has 140 valence electrons. The summed E-state index contributed by atoms with van der Waals surface area (Å²) < 4.78 is 16.5. The van der Waals surface area contributed by atoms with Gasteiger partial charge in [0.1, 0.15) is 6.10 Å². The molecule has 2 unspecified atom stereocenters. The first-order valence-corrected chi connectivity index (χ1v) is 8.97. The zero-order chi connectivity index (χ0) is 18.5. The van der Waals surface area contributed by atoms with E-state index in [1.54, 1.807) is 14.2 Å². The van der Waals surface area contributed by atoms with Crippen LogP contribution in [-0.4, -0.2) is 50.1 Å². The van der Waals surface area contributed by atoms with Gasteiger partial charge in [-0.15, -0.1) is 0 Å². The average Bonchev–Trinajstić information content (AvgIpc) is 2.68. The average molecular weight is 378 g/mol. The van der Waals surface area contributed by atoms with Gasteiger partial charge in [-0.3, -0.25) is 4.90 Å². The van der Waals surface area contributed by atoms with E-state index in [1.807, 2.05) is 30.3 Å². The van der Waals surface area contributed by atoms with Gasteiger partial charge in [0.05, 0.1) is 38.5 Å². The van der Waals surface area contributed by atoms with E-state index in [2.05, 4.69) is 17.0 Å². The monoisotopic (exact) mass is 377 g/mol. The lowest BCUT2D eigenvalue weighted by molar-refractivity contribution is -0.0960. The summed E-state index contributed by atoms with van der Waals surface area (Å²) >= 11 is 6.35. The van der Waals surface area contributed by atoms with Gasteiger partial charge in [-0.1, -0.05) is 41.9 Å². The van der Waals surface area contributed by atoms with Crippen LogP contribution in [0.15, 0.2) is 42.5 Å². The first-order chi connectivity index (χ1) is 12.7. The van der Waals surface area contributed by atoms with Crippen LogP contribution in [0.2, 0.25) is 5.02 Å². The summed E-state index contributed by atoms with van der Waals surface area (Å²) in [5.41, 5.74) is 2.14. The number of aliphatic hydroxyl groups excluding tert-OH is 1. The number of hydrogen-bond donors (Lipinski definition) is 1. The van der Waals surface area contributed by atoms with Crippen molar-refractivity contribution >= 4 is 11.6 Å². The molecule has 1 aliphatic heterocycles. The third-order valence-electron chi connectivity index (χ3n) is 4.66. The maximum Gasteiger partial charge on any atom is 0.179 e. The van der Waals surface area contributed by atoms with Gasteiger partial charge in [-0.25, -0.2) is 0 Å². The van der Waals surface area contributed by atoms with Crippen molar-refractivity contribution in [3.8, 4) is 11.5 Å². The number of hydrogen-bond acceptors (Lipinski definition) is 5. The molecule has 1 fully saturated rings. The molecule has 0 radical (unpaired) electrons. The third kappa shape index (κ3) is 3.96. The van der Waals surface area contributed by atoms with Crippen LogP contribution in [0.5, 0.6) is 11.5 Å². The number of nitrogens with zero attached hydrogens (tertiary/aromatic N) is 1. The number of benzene rings is 2. The molecule has 0 spiro atoms. The molecular weight excluding hydrogens is 354 g/mol. The minimum absolute atomic E-state index is 0.0250.